The molecule has 2 amide bonds. The van der Waals surface area contributed by atoms with E-state index in [9.17, 15) is 9.59 Å². The number of benzene rings is 3. The first-order chi connectivity index (χ1) is 17.1. The van der Waals surface area contributed by atoms with Crippen LogP contribution < -0.4 is 10.6 Å². The average Bonchev–Trinajstić information content (AvgIpc) is 3.50. The molecule has 0 aliphatic rings. The third-order valence-corrected chi connectivity index (χ3v) is 5.71. The molecule has 0 aliphatic heterocycles. The van der Waals surface area contributed by atoms with Gasteiger partial charge in [-0.05, 0) is 35.7 Å². The fourth-order valence-corrected chi connectivity index (χ4v) is 4.00. The maximum Gasteiger partial charge on any atom is 0.276 e. The summed E-state index contributed by atoms with van der Waals surface area (Å²) < 4.78 is 0. The molecule has 0 saturated carbocycles. The van der Waals surface area contributed by atoms with Crippen molar-refractivity contribution in [2.45, 2.75) is 6.54 Å². The summed E-state index contributed by atoms with van der Waals surface area (Å²) in [4.78, 5) is 45.1. The third-order valence-electron chi connectivity index (χ3n) is 5.71. The van der Waals surface area contributed by atoms with Crippen LogP contribution in [-0.2, 0) is 6.54 Å². The van der Waals surface area contributed by atoms with Crippen molar-refractivity contribution in [3.63, 3.8) is 0 Å². The van der Waals surface area contributed by atoms with Crippen LogP contribution in [0.1, 0.15) is 26.7 Å². The molecule has 0 spiro atoms. The summed E-state index contributed by atoms with van der Waals surface area (Å²) >= 11 is 0. The first-order valence-corrected chi connectivity index (χ1v) is 11.0. The highest BCUT2D eigenvalue weighted by Gasteiger charge is 2.16. The number of para-hydroxylation sites is 3. The first-order valence-electron chi connectivity index (χ1n) is 11.0. The van der Waals surface area contributed by atoms with Crippen LogP contribution in [0, 0.1) is 0 Å². The van der Waals surface area contributed by atoms with Crippen molar-refractivity contribution in [1.82, 2.24) is 30.2 Å². The second kappa shape index (κ2) is 8.38. The van der Waals surface area contributed by atoms with Gasteiger partial charge in [-0.3, -0.25) is 19.9 Å². The Hall–Kier alpha value is -5.05. The van der Waals surface area contributed by atoms with Gasteiger partial charge in [-0.1, -0.05) is 42.5 Å². The summed E-state index contributed by atoms with van der Waals surface area (Å²) in [5.41, 5.74) is 3.49. The van der Waals surface area contributed by atoms with Crippen LogP contribution >= 0.6 is 0 Å². The first kappa shape index (κ1) is 20.5. The van der Waals surface area contributed by atoms with E-state index in [1.807, 2.05) is 48.5 Å². The minimum atomic E-state index is -0.398. The zero-order valence-corrected chi connectivity index (χ0v) is 18.4. The fourth-order valence-electron chi connectivity index (χ4n) is 4.00. The molecule has 0 fully saturated rings. The number of nitrogens with one attached hydrogen (secondary N) is 4. The number of aromatic amines is 2. The maximum atomic E-state index is 12.9. The monoisotopic (exact) mass is 461 g/mol. The molecule has 0 aliphatic carbocycles. The Morgan fingerprint density at radius 3 is 2.49 bits per heavy atom. The van der Waals surface area contributed by atoms with Crippen molar-refractivity contribution in [2.24, 2.45) is 0 Å². The highest BCUT2D eigenvalue weighted by Crippen LogP contribution is 2.20. The number of anilines is 1. The van der Waals surface area contributed by atoms with Crippen molar-refractivity contribution in [3.8, 4) is 0 Å². The number of H-pyrrole nitrogens is 2. The van der Waals surface area contributed by atoms with Gasteiger partial charge in [0, 0.05) is 11.6 Å². The fraction of sp³-hybridized carbons (Fsp3) is 0.0385. The van der Waals surface area contributed by atoms with Gasteiger partial charge in [0.15, 0.2) is 0 Å². The number of carbonyl (C=O) groups is 2. The number of aromatic nitrogens is 5. The smallest absolute Gasteiger partial charge is 0.276 e. The highest BCUT2D eigenvalue weighted by molar-refractivity contribution is 6.07. The lowest BCUT2D eigenvalue weighted by Gasteiger charge is -2.04. The molecule has 0 radical (unpaired) electrons. The quantitative estimate of drug-likeness (QED) is 0.306. The Balaban J connectivity index is 1.21. The van der Waals surface area contributed by atoms with Crippen LogP contribution in [0.25, 0.3) is 32.8 Å². The summed E-state index contributed by atoms with van der Waals surface area (Å²) in [5, 5.41) is 7.48. The van der Waals surface area contributed by atoms with Gasteiger partial charge in [0.1, 0.15) is 17.0 Å². The lowest BCUT2D eigenvalue weighted by Crippen LogP contribution is -2.23. The summed E-state index contributed by atoms with van der Waals surface area (Å²) in [6, 6.07) is 22.3. The second-order valence-corrected chi connectivity index (χ2v) is 8.04. The number of imidazole rings is 2. The number of hydrogen-bond donors (Lipinski definition) is 4. The van der Waals surface area contributed by atoms with E-state index in [1.54, 1.807) is 30.5 Å². The van der Waals surface area contributed by atoms with Crippen LogP contribution in [0.4, 0.5) is 5.95 Å². The zero-order chi connectivity index (χ0) is 23.8. The van der Waals surface area contributed by atoms with E-state index < -0.39 is 5.91 Å². The van der Waals surface area contributed by atoms with Crippen molar-refractivity contribution >= 4 is 50.6 Å². The molecule has 170 valence electrons. The Labute approximate surface area is 198 Å². The number of hydrogen-bond acceptors (Lipinski definition) is 5. The van der Waals surface area contributed by atoms with Gasteiger partial charge in [-0.15, -0.1) is 0 Å². The van der Waals surface area contributed by atoms with Crippen molar-refractivity contribution in [1.29, 1.82) is 0 Å². The number of nitrogens with zero attached hydrogens (tertiary/aromatic N) is 3. The molecule has 0 saturated heterocycles. The molecule has 35 heavy (non-hydrogen) atoms. The van der Waals surface area contributed by atoms with Crippen molar-refractivity contribution in [2.75, 3.05) is 5.32 Å². The number of fused-ring (bicyclic) bond motifs is 3. The molecule has 6 aromatic rings. The van der Waals surface area contributed by atoms with E-state index in [0.29, 0.717) is 22.4 Å². The van der Waals surface area contributed by atoms with E-state index in [-0.39, 0.29) is 24.1 Å². The third kappa shape index (κ3) is 3.95. The normalized spacial score (nSPS) is 11.2. The molecule has 3 aromatic heterocycles. The molecule has 3 heterocycles. The summed E-state index contributed by atoms with van der Waals surface area (Å²) in [6.45, 7) is 0.242. The lowest BCUT2D eigenvalue weighted by molar-refractivity contribution is 0.0950. The molecular weight excluding hydrogens is 442 g/mol. The Morgan fingerprint density at radius 2 is 1.60 bits per heavy atom. The lowest BCUT2D eigenvalue weighted by atomic mass is 10.1. The average molecular weight is 461 g/mol. The van der Waals surface area contributed by atoms with Gasteiger partial charge in [-0.25, -0.2) is 9.97 Å². The summed E-state index contributed by atoms with van der Waals surface area (Å²) in [6.07, 6.45) is 1.66. The summed E-state index contributed by atoms with van der Waals surface area (Å²) in [7, 11) is 0. The van der Waals surface area contributed by atoms with Gasteiger partial charge in [0.05, 0.1) is 28.7 Å². The molecule has 9 heteroatoms. The van der Waals surface area contributed by atoms with E-state index in [1.165, 1.54) is 0 Å². The molecule has 0 unspecified atom stereocenters. The minimum absolute atomic E-state index is 0.234. The largest absolute Gasteiger partial charge is 0.345 e. The van der Waals surface area contributed by atoms with E-state index in [4.69, 9.17) is 0 Å². The summed E-state index contributed by atoms with van der Waals surface area (Å²) in [5.74, 6) is 0.199. The predicted molar refractivity (Wildman–Crippen MR) is 133 cm³/mol. The van der Waals surface area contributed by atoms with Gasteiger partial charge >= 0.3 is 0 Å². The molecule has 0 bridgehead atoms. The van der Waals surface area contributed by atoms with Crippen molar-refractivity contribution in [3.05, 3.63) is 96.1 Å². The number of pyridine rings is 1. The number of amides is 2. The minimum Gasteiger partial charge on any atom is -0.345 e. The van der Waals surface area contributed by atoms with Crippen LogP contribution in [0.5, 0.6) is 0 Å². The molecular formula is C26H19N7O2. The Kier molecular flexibility index (Phi) is 4.92. The van der Waals surface area contributed by atoms with Gasteiger partial charge in [0.25, 0.3) is 11.8 Å². The van der Waals surface area contributed by atoms with Crippen LogP contribution in [0.15, 0.2) is 79.0 Å². The Bertz CT molecular complexity index is 1700. The highest BCUT2D eigenvalue weighted by atomic mass is 16.2. The van der Waals surface area contributed by atoms with Gasteiger partial charge in [-0.2, -0.15) is 0 Å². The maximum absolute atomic E-state index is 12.9. The van der Waals surface area contributed by atoms with E-state index in [2.05, 4.69) is 35.6 Å². The topological polar surface area (TPSA) is 128 Å². The van der Waals surface area contributed by atoms with Crippen LogP contribution in [0.2, 0.25) is 0 Å². The number of rotatable bonds is 5. The standard InChI is InChI=1S/C26H19N7O2/c34-24(28-14-22-29-18-9-3-4-10-19(18)30-22)17-8-5-11-20-23(17)32-26(31-20)33-25(35)21-12-15-6-1-2-7-16(15)13-27-21/h1-13H,14H2,(H,28,34)(H,29,30)(H2,31,32,33,35). The van der Waals surface area contributed by atoms with Crippen LogP contribution in [0.3, 0.4) is 0 Å². The number of carbonyl (C=O) groups excluding carboxylic acids is 2. The Morgan fingerprint density at radius 1 is 0.800 bits per heavy atom. The van der Waals surface area contributed by atoms with E-state index in [0.717, 1.165) is 21.8 Å². The van der Waals surface area contributed by atoms with Gasteiger partial charge in [0.2, 0.25) is 5.95 Å². The molecule has 4 N–H and O–H groups in total. The van der Waals surface area contributed by atoms with Crippen LogP contribution in [-0.4, -0.2) is 36.7 Å². The predicted octanol–water partition coefficient (Wildman–Crippen LogP) is 4.17. The molecule has 3 aromatic carbocycles. The zero-order valence-electron chi connectivity index (χ0n) is 18.4. The molecule has 9 nitrogen and oxygen atoms in total. The van der Waals surface area contributed by atoms with E-state index >= 15 is 0 Å². The van der Waals surface area contributed by atoms with Gasteiger partial charge < -0.3 is 15.3 Å². The molecule has 0 atom stereocenters. The second-order valence-electron chi connectivity index (χ2n) is 8.04. The van der Waals surface area contributed by atoms with Crippen molar-refractivity contribution < 1.29 is 9.59 Å². The SMILES string of the molecule is O=C(Nc1nc2c(C(=O)NCc3nc4ccccc4[nH]3)cccc2[nH]1)c1cc2ccccc2cn1. The molecule has 6 rings (SSSR count).